The number of thiazole rings is 1. The average molecular weight is 647 g/mol. The topological polar surface area (TPSA) is 140 Å². The number of benzene rings is 1. The molecule has 0 unspecified atom stereocenters. The molecule has 1 saturated heterocycles. The molecular formula is C26H30ClF3N6O4S2. The molecule has 2 aromatic heterocycles. The van der Waals surface area contributed by atoms with E-state index in [1.54, 1.807) is 17.0 Å². The third-order valence-corrected chi connectivity index (χ3v) is 9.29. The Morgan fingerprint density at radius 1 is 1.24 bits per heavy atom. The van der Waals surface area contributed by atoms with Gasteiger partial charge in [-0.05, 0) is 30.9 Å². The van der Waals surface area contributed by atoms with Crippen molar-refractivity contribution in [3.05, 3.63) is 40.5 Å². The van der Waals surface area contributed by atoms with Crippen LogP contribution in [0.25, 0.3) is 21.8 Å². The molecule has 0 saturated carbocycles. The van der Waals surface area contributed by atoms with Gasteiger partial charge in [-0.15, -0.1) is 11.3 Å². The van der Waals surface area contributed by atoms with Crippen molar-refractivity contribution in [1.82, 2.24) is 19.9 Å². The third-order valence-electron chi connectivity index (χ3n) is 6.37. The Hall–Kier alpha value is -3.17. The van der Waals surface area contributed by atoms with Crippen LogP contribution in [0.1, 0.15) is 44.0 Å². The lowest BCUT2D eigenvalue weighted by Crippen LogP contribution is -2.38. The lowest BCUT2D eigenvalue weighted by molar-refractivity contribution is -0.129. The molecule has 4 rings (SSSR count). The molecule has 1 amide bonds. The van der Waals surface area contributed by atoms with Crippen LogP contribution < -0.4 is 10.5 Å². The van der Waals surface area contributed by atoms with Crippen molar-refractivity contribution in [2.75, 3.05) is 35.9 Å². The van der Waals surface area contributed by atoms with Gasteiger partial charge in [0.2, 0.25) is 16.0 Å². The number of carbonyl (C=O) groups is 1. The summed E-state index contributed by atoms with van der Waals surface area (Å²) >= 11 is 8.00. The number of hydrogen-bond donors (Lipinski definition) is 2. The predicted molar refractivity (Wildman–Crippen MR) is 156 cm³/mol. The largest absolute Gasteiger partial charge is 0.449 e. The quantitative estimate of drug-likeness (QED) is 0.281. The van der Waals surface area contributed by atoms with Crippen molar-refractivity contribution in [3.8, 4) is 21.8 Å². The number of alkyl halides is 3. The monoisotopic (exact) mass is 646 g/mol. The van der Waals surface area contributed by atoms with Crippen LogP contribution in [0.3, 0.4) is 0 Å². The molecule has 1 fully saturated rings. The molecule has 0 atom stereocenters. The van der Waals surface area contributed by atoms with E-state index in [1.807, 2.05) is 13.8 Å². The Morgan fingerprint density at radius 3 is 2.60 bits per heavy atom. The summed E-state index contributed by atoms with van der Waals surface area (Å²) < 4.78 is 70.2. The Labute approximate surface area is 250 Å². The van der Waals surface area contributed by atoms with Crippen molar-refractivity contribution >= 4 is 50.7 Å². The number of nitrogens with one attached hydrogen (secondary N) is 1. The molecule has 0 aliphatic carbocycles. The first-order valence-electron chi connectivity index (χ1n) is 13.1. The summed E-state index contributed by atoms with van der Waals surface area (Å²) in [5, 5.41) is 0.732. The molecule has 3 N–H and O–H groups in total. The summed E-state index contributed by atoms with van der Waals surface area (Å²) in [5.41, 5.74) is 7.00. The number of aromatic nitrogens is 3. The summed E-state index contributed by atoms with van der Waals surface area (Å²) in [6, 6.07) is 6.18. The SMILES string of the molecule is CC(C)COC(=O)N1CCC(c2nc(-c3cccc(NS(=O)(=O)CCC(F)(F)F)c3Cl)c(-c3ccnc(N)n3)s2)CC1. The molecule has 1 aliphatic rings. The highest BCUT2D eigenvalue weighted by atomic mass is 35.5. The van der Waals surface area contributed by atoms with Gasteiger partial charge in [0.15, 0.2) is 0 Å². The fourth-order valence-electron chi connectivity index (χ4n) is 4.27. The van der Waals surface area contributed by atoms with E-state index in [0.29, 0.717) is 54.4 Å². The van der Waals surface area contributed by atoms with Gasteiger partial charge in [-0.25, -0.2) is 28.2 Å². The molecule has 10 nitrogen and oxygen atoms in total. The molecule has 1 aliphatic heterocycles. The number of sulfonamides is 1. The normalized spacial score (nSPS) is 14.8. The van der Waals surface area contributed by atoms with Crippen LogP contribution in [0.4, 0.5) is 29.6 Å². The van der Waals surface area contributed by atoms with Crippen molar-refractivity contribution in [1.29, 1.82) is 0 Å². The second-order valence-corrected chi connectivity index (χ2v) is 13.5. The lowest BCUT2D eigenvalue weighted by atomic mass is 9.98. The minimum absolute atomic E-state index is 0.0127. The number of carbonyl (C=O) groups excluding carboxylic acids is 1. The van der Waals surface area contributed by atoms with Crippen molar-refractivity contribution in [2.45, 2.75) is 45.2 Å². The van der Waals surface area contributed by atoms with Gasteiger partial charge in [0.1, 0.15) is 0 Å². The van der Waals surface area contributed by atoms with Gasteiger partial charge in [0, 0.05) is 30.8 Å². The van der Waals surface area contributed by atoms with E-state index >= 15 is 0 Å². The summed E-state index contributed by atoms with van der Waals surface area (Å²) in [7, 11) is -4.34. The van der Waals surface area contributed by atoms with Gasteiger partial charge in [-0.2, -0.15) is 13.2 Å². The number of nitrogens with two attached hydrogens (primary N) is 1. The molecule has 3 heterocycles. The maximum Gasteiger partial charge on any atom is 0.409 e. The zero-order valence-corrected chi connectivity index (χ0v) is 25.2. The Kier molecular flexibility index (Phi) is 9.83. The van der Waals surface area contributed by atoms with E-state index in [0.717, 1.165) is 5.01 Å². The van der Waals surface area contributed by atoms with Gasteiger partial charge in [-0.1, -0.05) is 37.6 Å². The number of nitrogen functional groups attached to an aromatic ring is 1. The van der Waals surface area contributed by atoms with Crippen LogP contribution in [-0.2, 0) is 14.8 Å². The van der Waals surface area contributed by atoms with Crippen LogP contribution in [0, 0.1) is 5.92 Å². The summed E-state index contributed by atoms with van der Waals surface area (Å²) in [5.74, 6) is -0.861. The van der Waals surface area contributed by atoms with Gasteiger partial charge in [0.05, 0.1) is 50.8 Å². The maximum absolute atomic E-state index is 12.6. The third kappa shape index (κ3) is 8.22. The van der Waals surface area contributed by atoms with Crippen molar-refractivity contribution in [2.24, 2.45) is 5.92 Å². The summed E-state index contributed by atoms with van der Waals surface area (Å²) in [4.78, 5) is 27.8. The molecule has 0 radical (unpaired) electrons. The first-order chi connectivity index (χ1) is 19.7. The fraction of sp³-hybridized carbons (Fsp3) is 0.462. The van der Waals surface area contributed by atoms with Crippen LogP contribution >= 0.6 is 22.9 Å². The van der Waals surface area contributed by atoms with E-state index in [4.69, 9.17) is 27.1 Å². The molecule has 42 heavy (non-hydrogen) atoms. The molecule has 1 aromatic carbocycles. The van der Waals surface area contributed by atoms with Crippen LogP contribution in [-0.4, -0.2) is 66.0 Å². The Bertz CT molecular complexity index is 1530. The lowest BCUT2D eigenvalue weighted by Gasteiger charge is -2.30. The smallest absolute Gasteiger partial charge is 0.409 e. The average Bonchev–Trinajstić information content (AvgIpc) is 3.37. The fourth-order valence-corrected chi connectivity index (χ4v) is 6.91. The van der Waals surface area contributed by atoms with E-state index < -0.39 is 28.4 Å². The van der Waals surface area contributed by atoms with Crippen LogP contribution in [0.15, 0.2) is 30.5 Å². The van der Waals surface area contributed by atoms with E-state index in [2.05, 4.69) is 14.7 Å². The highest BCUT2D eigenvalue weighted by molar-refractivity contribution is 7.92. The molecule has 16 heteroatoms. The number of ether oxygens (including phenoxy) is 1. The maximum atomic E-state index is 12.6. The molecule has 0 bridgehead atoms. The number of halogens is 4. The first-order valence-corrected chi connectivity index (χ1v) is 15.9. The minimum Gasteiger partial charge on any atom is -0.449 e. The molecule has 3 aromatic rings. The number of hydrogen-bond acceptors (Lipinski definition) is 9. The Morgan fingerprint density at radius 2 is 1.95 bits per heavy atom. The number of likely N-dealkylation sites (tertiary alicyclic amines) is 1. The summed E-state index contributed by atoms with van der Waals surface area (Å²) in [6.45, 7) is 5.25. The highest BCUT2D eigenvalue weighted by Gasteiger charge is 2.31. The van der Waals surface area contributed by atoms with E-state index in [1.165, 1.54) is 29.7 Å². The zero-order chi connectivity index (χ0) is 30.7. The molecule has 0 spiro atoms. The number of nitrogens with zero attached hydrogens (tertiary/aromatic N) is 4. The number of amides is 1. The van der Waals surface area contributed by atoms with Crippen LogP contribution in [0.2, 0.25) is 5.02 Å². The number of anilines is 2. The van der Waals surface area contributed by atoms with Gasteiger partial charge in [0.25, 0.3) is 0 Å². The number of piperidine rings is 1. The molecule has 228 valence electrons. The van der Waals surface area contributed by atoms with Crippen LogP contribution in [0.5, 0.6) is 0 Å². The van der Waals surface area contributed by atoms with E-state index in [-0.39, 0.29) is 34.6 Å². The van der Waals surface area contributed by atoms with Crippen molar-refractivity contribution < 1.29 is 31.1 Å². The van der Waals surface area contributed by atoms with E-state index in [9.17, 15) is 26.4 Å². The summed E-state index contributed by atoms with van der Waals surface area (Å²) in [6.07, 6.45) is -3.70. The second-order valence-electron chi connectivity index (χ2n) is 10.2. The first kappa shape index (κ1) is 31.8. The minimum atomic E-state index is -4.63. The Balaban J connectivity index is 1.64. The zero-order valence-electron chi connectivity index (χ0n) is 22.8. The molecular weight excluding hydrogens is 617 g/mol. The van der Waals surface area contributed by atoms with Gasteiger partial charge in [-0.3, -0.25) is 4.72 Å². The highest BCUT2D eigenvalue weighted by Crippen LogP contribution is 2.44. The predicted octanol–water partition coefficient (Wildman–Crippen LogP) is 6.17. The number of rotatable bonds is 9. The van der Waals surface area contributed by atoms with Gasteiger partial charge < -0.3 is 15.4 Å². The van der Waals surface area contributed by atoms with Gasteiger partial charge >= 0.3 is 12.3 Å². The second kappa shape index (κ2) is 13.0. The van der Waals surface area contributed by atoms with Crippen molar-refractivity contribution in [3.63, 3.8) is 0 Å². The standard InChI is InChI=1S/C26H30ClF3N6O4S2/c1-15(2)14-40-25(37)36-11-7-16(8-12-36)23-34-21(22(41-23)19-6-10-32-24(31)33-19)17-4-3-5-18(20(17)27)35-42(38,39)13-9-26(28,29)30/h3-6,10,15-16,35H,7-9,11-14H2,1-2H3,(H2,31,32,33).